The first-order valence-electron chi connectivity index (χ1n) is 5.65. The van der Waals surface area contributed by atoms with Crippen LogP contribution in [0, 0.1) is 0 Å². The standard InChI is InChI=1S/C10H14N4O5S/c15-7(14-19)2-1-3-11-8(16)4-6-5-20-9(12-6)13-10(17)18/h5,19H,1-4H2,(H,11,16)(H,12,13)(H,14,15)(H,17,18). The van der Waals surface area contributed by atoms with Crippen molar-refractivity contribution >= 4 is 34.4 Å². The Morgan fingerprint density at radius 3 is 2.70 bits per heavy atom. The van der Waals surface area contributed by atoms with Gasteiger partial charge in [-0.05, 0) is 6.42 Å². The lowest BCUT2D eigenvalue weighted by Crippen LogP contribution is -2.27. The summed E-state index contributed by atoms with van der Waals surface area (Å²) in [6.45, 7) is 0.302. The maximum Gasteiger partial charge on any atom is 0.410 e. The van der Waals surface area contributed by atoms with Gasteiger partial charge in [0.2, 0.25) is 11.8 Å². The highest BCUT2D eigenvalue weighted by molar-refractivity contribution is 7.13. The summed E-state index contributed by atoms with van der Waals surface area (Å²) in [4.78, 5) is 36.5. The van der Waals surface area contributed by atoms with Gasteiger partial charge in [0.05, 0.1) is 12.1 Å². The van der Waals surface area contributed by atoms with Crippen molar-refractivity contribution in [2.24, 2.45) is 0 Å². The third kappa shape index (κ3) is 6.11. The van der Waals surface area contributed by atoms with E-state index in [2.05, 4.69) is 15.6 Å². The number of anilines is 1. The molecule has 1 heterocycles. The van der Waals surface area contributed by atoms with Crippen molar-refractivity contribution in [2.45, 2.75) is 19.3 Å². The van der Waals surface area contributed by atoms with Gasteiger partial charge in [0.15, 0.2) is 5.13 Å². The lowest BCUT2D eigenvalue weighted by Gasteiger charge is -2.03. The van der Waals surface area contributed by atoms with E-state index in [4.69, 9.17) is 10.3 Å². The van der Waals surface area contributed by atoms with Gasteiger partial charge < -0.3 is 10.4 Å². The lowest BCUT2D eigenvalue weighted by atomic mass is 10.3. The van der Waals surface area contributed by atoms with Crippen LogP contribution in [0.25, 0.3) is 0 Å². The number of hydrogen-bond acceptors (Lipinski definition) is 6. The Labute approximate surface area is 118 Å². The lowest BCUT2D eigenvalue weighted by molar-refractivity contribution is -0.129. The number of rotatable bonds is 7. The van der Waals surface area contributed by atoms with Crippen LogP contribution in [0.5, 0.6) is 0 Å². The minimum atomic E-state index is -1.21. The SMILES string of the molecule is O=C(O)Nc1nc(CC(=O)NCCCC(=O)NO)cs1. The van der Waals surface area contributed by atoms with Crippen molar-refractivity contribution in [2.75, 3.05) is 11.9 Å². The highest BCUT2D eigenvalue weighted by atomic mass is 32.1. The molecule has 0 aliphatic heterocycles. The third-order valence-electron chi connectivity index (χ3n) is 2.13. The van der Waals surface area contributed by atoms with Crippen LogP contribution in [-0.2, 0) is 16.0 Å². The molecule has 0 saturated carbocycles. The molecule has 1 aromatic rings. The fraction of sp³-hybridized carbons (Fsp3) is 0.400. The van der Waals surface area contributed by atoms with E-state index in [-0.39, 0.29) is 23.9 Å². The zero-order chi connectivity index (χ0) is 15.0. The van der Waals surface area contributed by atoms with Gasteiger partial charge in [0.1, 0.15) is 0 Å². The van der Waals surface area contributed by atoms with E-state index < -0.39 is 12.0 Å². The van der Waals surface area contributed by atoms with Crippen LogP contribution in [-0.4, -0.2) is 39.8 Å². The van der Waals surface area contributed by atoms with Crippen molar-refractivity contribution in [1.29, 1.82) is 0 Å². The van der Waals surface area contributed by atoms with Gasteiger partial charge in [-0.25, -0.2) is 15.3 Å². The molecule has 0 bridgehead atoms. The van der Waals surface area contributed by atoms with E-state index in [1.807, 2.05) is 0 Å². The second-order valence-corrected chi connectivity index (χ2v) is 4.60. The van der Waals surface area contributed by atoms with Crippen LogP contribution in [0.1, 0.15) is 18.5 Å². The fourth-order valence-electron chi connectivity index (χ4n) is 1.30. The molecule has 5 N–H and O–H groups in total. The van der Waals surface area contributed by atoms with Gasteiger partial charge in [0, 0.05) is 18.3 Å². The van der Waals surface area contributed by atoms with E-state index >= 15 is 0 Å². The predicted molar refractivity (Wildman–Crippen MR) is 69.6 cm³/mol. The van der Waals surface area contributed by atoms with Gasteiger partial charge in [0.25, 0.3) is 0 Å². The van der Waals surface area contributed by atoms with E-state index in [9.17, 15) is 14.4 Å². The van der Waals surface area contributed by atoms with E-state index in [1.165, 1.54) is 5.48 Å². The number of aromatic nitrogens is 1. The molecule has 0 unspecified atom stereocenters. The minimum absolute atomic E-state index is 0.0317. The Morgan fingerprint density at radius 2 is 2.05 bits per heavy atom. The highest BCUT2D eigenvalue weighted by Gasteiger charge is 2.09. The van der Waals surface area contributed by atoms with Crippen LogP contribution < -0.4 is 16.1 Å². The molecular formula is C10H14N4O5S. The zero-order valence-corrected chi connectivity index (χ0v) is 11.2. The number of carboxylic acid groups (broad SMARTS) is 1. The molecule has 0 atom stereocenters. The Hall–Kier alpha value is -2.20. The second-order valence-electron chi connectivity index (χ2n) is 3.74. The number of carbonyl (C=O) groups is 3. The molecule has 110 valence electrons. The molecule has 0 spiro atoms. The van der Waals surface area contributed by atoms with Crippen LogP contribution in [0.3, 0.4) is 0 Å². The fourth-order valence-corrected chi connectivity index (χ4v) is 2.00. The molecule has 1 aromatic heterocycles. The van der Waals surface area contributed by atoms with Gasteiger partial charge in [-0.2, -0.15) is 0 Å². The largest absolute Gasteiger partial charge is 0.465 e. The first kappa shape index (κ1) is 15.9. The van der Waals surface area contributed by atoms with Crippen LogP contribution in [0.2, 0.25) is 0 Å². The number of carbonyl (C=O) groups excluding carboxylic acids is 2. The monoisotopic (exact) mass is 302 g/mol. The zero-order valence-electron chi connectivity index (χ0n) is 10.4. The summed E-state index contributed by atoms with van der Waals surface area (Å²) in [6, 6.07) is 0. The Bertz CT molecular complexity index is 490. The van der Waals surface area contributed by atoms with Crippen molar-refractivity contribution in [3.8, 4) is 0 Å². The first-order chi connectivity index (χ1) is 9.51. The van der Waals surface area contributed by atoms with Crippen LogP contribution in [0.4, 0.5) is 9.93 Å². The molecular weight excluding hydrogens is 288 g/mol. The number of amides is 3. The van der Waals surface area contributed by atoms with Gasteiger partial charge >= 0.3 is 6.09 Å². The quantitative estimate of drug-likeness (QED) is 0.276. The summed E-state index contributed by atoms with van der Waals surface area (Å²) in [5.74, 6) is -0.787. The molecule has 10 heteroatoms. The molecule has 9 nitrogen and oxygen atoms in total. The number of nitrogens with zero attached hydrogens (tertiary/aromatic N) is 1. The van der Waals surface area contributed by atoms with Gasteiger partial charge in [-0.3, -0.25) is 20.1 Å². The van der Waals surface area contributed by atoms with Crippen molar-refractivity contribution in [1.82, 2.24) is 15.8 Å². The first-order valence-corrected chi connectivity index (χ1v) is 6.53. The summed E-state index contributed by atoms with van der Waals surface area (Å²) < 4.78 is 0. The molecule has 0 radical (unpaired) electrons. The normalized spacial score (nSPS) is 9.85. The molecule has 0 fully saturated rings. The Kier molecular flexibility index (Phi) is 6.40. The average Bonchev–Trinajstić information content (AvgIpc) is 2.80. The molecule has 0 aliphatic carbocycles. The second kappa shape index (κ2) is 8.07. The summed E-state index contributed by atoms with van der Waals surface area (Å²) in [7, 11) is 0. The summed E-state index contributed by atoms with van der Waals surface area (Å²) in [5, 5.41) is 23.2. The highest BCUT2D eigenvalue weighted by Crippen LogP contribution is 2.15. The van der Waals surface area contributed by atoms with Crippen LogP contribution >= 0.6 is 11.3 Å². The minimum Gasteiger partial charge on any atom is -0.465 e. The van der Waals surface area contributed by atoms with Crippen molar-refractivity contribution in [3.05, 3.63) is 11.1 Å². The number of hydroxylamine groups is 1. The summed E-state index contributed by atoms with van der Waals surface area (Å²) in [5.41, 5.74) is 1.96. The van der Waals surface area contributed by atoms with E-state index in [1.54, 1.807) is 5.38 Å². The van der Waals surface area contributed by atoms with E-state index in [0.717, 1.165) is 11.3 Å². The van der Waals surface area contributed by atoms with Crippen LogP contribution in [0.15, 0.2) is 5.38 Å². The Balaban J connectivity index is 2.26. The Morgan fingerprint density at radius 1 is 1.30 bits per heavy atom. The molecule has 0 aromatic carbocycles. The number of nitrogens with one attached hydrogen (secondary N) is 3. The average molecular weight is 302 g/mol. The summed E-state index contributed by atoms with van der Waals surface area (Å²) in [6.07, 6.45) is -0.664. The van der Waals surface area contributed by atoms with E-state index in [0.29, 0.717) is 18.7 Å². The number of hydrogen-bond donors (Lipinski definition) is 5. The van der Waals surface area contributed by atoms with Crippen molar-refractivity contribution < 1.29 is 24.7 Å². The topological polar surface area (TPSA) is 141 Å². The predicted octanol–water partition coefficient (Wildman–Crippen LogP) is 0.177. The molecule has 3 amide bonds. The smallest absolute Gasteiger partial charge is 0.410 e. The molecule has 1 rings (SSSR count). The maximum absolute atomic E-state index is 11.5. The molecule has 20 heavy (non-hydrogen) atoms. The van der Waals surface area contributed by atoms with Gasteiger partial charge in [-0.1, -0.05) is 0 Å². The molecule has 0 saturated heterocycles. The maximum atomic E-state index is 11.5. The van der Waals surface area contributed by atoms with Gasteiger partial charge in [-0.15, -0.1) is 11.3 Å². The van der Waals surface area contributed by atoms with Crippen molar-refractivity contribution in [3.63, 3.8) is 0 Å². The number of thiazole rings is 1. The summed E-state index contributed by atoms with van der Waals surface area (Å²) >= 11 is 1.09. The third-order valence-corrected chi connectivity index (χ3v) is 2.94. The molecule has 0 aliphatic rings.